The molecule has 0 unspecified atom stereocenters. The van der Waals surface area contributed by atoms with Crippen LogP contribution >= 0.6 is 11.3 Å². The summed E-state index contributed by atoms with van der Waals surface area (Å²) in [5.74, 6) is -0.973. The molecule has 38 heavy (non-hydrogen) atoms. The van der Waals surface area contributed by atoms with Crippen molar-refractivity contribution in [2.45, 2.75) is 44.9 Å². The highest BCUT2D eigenvalue weighted by molar-refractivity contribution is 7.92. The minimum Gasteiger partial charge on any atom is -0.354 e. The second kappa shape index (κ2) is 10.7. The van der Waals surface area contributed by atoms with Crippen molar-refractivity contribution in [1.82, 2.24) is 15.0 Å². The molecular formula is C27H29F2N5O2S2. The van der Waals surface area contributed by atoms with Gasteiger partial charge in [-0.1, -0.05) is 46.8 Å². The SMILES string of the molecule is CC(C)CNc1nccc(-c2sc(C(C)(C)C)nc2-c2cccc(NS(=O)(=O)c3cc(F)ccc3F)c2)n1. The molecular weight excluding hydrogens is 528 g/mol. The lowest BCUT2D eigenvalue weighted by Crippen LogP contribution is -2.15. The quantitative estimate of drug-likeness (QED) is 0.250. The Balaban J connectivity index is 1.75. The van der Waals surface area contributed by atoms with Gasteiger partial charge in [0.25, 0.3) is 10.0 Å². The average Bonchev–Trinajstić information content (AvgIpc) is 3.31. The first-order valence-electron chi connectivity index (χ1n) is 12.0. The Hall–Kier alpha value is -3.44. The molecule has 7 nitrogen and oxygen atoms in total. The van der Waals surface area contributed by atoms with E-state index in [1.54, 1.807) is 18.3 Å². The molecule has 0 fully saturated rings. The van der Waals surface area contributed by atoms with Crippen LogP contribution in [0.1, 0.15) is 39.6 Å². The summed E-state index contributed by atoms with van der Waals surface area (Å²) in [6.07, 6.45) is 1.68. The van der Waals surface area contributed by atoms with Gasteiger partial charge in [0.1, 0.15) is 16.5 Å². The fourth-order valence-corrected chi connectivity index (χ4v) is 5.75. The third kappa shape index (κ3) is 6.33. The number of halogens is 2. The normalized spacial score (nSPS) is 12.1. The summed E-state index contributed by atoms with van der Waals surface area (Å²) in [7, 11) is -4.38. The first-order chi connectivity index (χ1) is 17.8. The Labute approximate surface area is 225 Å². The number of hydrogen-bond acceptors (Lipinski definition) is 7. The second-order valence-corrected chi connectivity index (χ2v) is 12.9. The number of nitrogens with one attached hydrogen (secondary N) is 2. The van der Waals surface area contributed by atoms with E-state index in [1.165, 1.54) is 17.4 Å². The van der Waals surface area contributed by atoms with Gasteiger partial charge in [0.15, 0.2) is 0 Å². The monoisotopic (exact) mass is 557 g/mol. The maximum Gasteiger partial charge on any atom is 0.264 e. The molecule has 0 amide bonds. The van der Waals surface area contributed by atoms with Gasteiger partial charge in [-0.3, -0.25) is 4.72 Å². The Morgan fingerprint density at radius 1 is 1.03 bits per heavy atom. The zero-order chi connectivity index (χ0) is 27.7. The smallest absolute Gasteiger partial charge is 0.264 e. The molecule has 0 aliphatic carbocycles. The zero-order valence-corrected chi connectivity index (χ0v) is 23.3. The predicted molar refractivity (Wildman–Crippen MR) is 148 cm³/mol. The van der Waals surface area contributed by atoms with E-state index in [0.29, 0.717) is 34.9 Å². The molecule has 4 rings (SSSR count). The minimum absolute atomic E-state index is 0.185. The minimum atomic E-state index is -4.38. The van der Waals surface area contributed by atoms with Gasteiger partial charge >= 0.3 is 0 Å². The van der Waals surface area contributed by atoms with Crippen molar-refractivity contribution in [3.8, 4) is 21.8 Å². The fraction of sp³-hybridized carbons (Fsp3) is 0.296. The third-order valence-electron chi connectivity index (χ3n) is 5.40. The van der Waals surface area contributed by atoms with Crippen molar-refractivity contribution in [1.29, 1.82) is 0 Å². The van der Waals surface area contributed by atoms with Crippen molar-refractivity contribution in [3.05, 3.63) is 71.4 Å². The number of sulfonamides is 1. The molecule has 0 radical (unpaired) electrons. The van der Waals surface area contributed by atoms with Crippen LogP contribution in [0.3, 0.4) is 0 Å². The standard InChI is InChI=1S/C27H29F2N5O2S2/c1-16(2)15-31-26-30-12-11-21(32-26)24-23(33-25(37-24)27(3,4)5)17-7-6-8-19(13-17)34-38(35,36)22-14-18(28)9-10-20(22)29/h6-14,16,34H,15H2,1-5H3,(H,30,31,32). The van der Waals surface area contributed by atoms with E-state index in [0.717, 1.165) is 28.6 Å². The molecule has 0 atom stereocenters. The van der Waals surface area contributed by atoms with Gasteiger partial charge in [0, 0.05) is 29.4 Å². The molecule has 2 N–H and O–H groups in total. The summed E-state index contributed by atoms with van der Waals surface area (Å²) >= 11 is 1.51. The molecule has 0 saturated heterocycles. The number of nitrogens with zero attached hydrogens (tertiary/aromatic N) is 3. The van der Waals surface area contributed by atoms with E-state index in [-0.39, 0.29) is 11.1 Å². The lowest BCUT2D eigenvalue weighted by Gasteiger charge is -2.13. The summed E-state index contributed by atoms with van der Waals surface area (Å²) in [6.45, 7) is 11.1. The number of thiazole rings is 1. The van der Waals surface area contributed by atoms with Gasteiger partial charge in [-0.25, -0.2) is 32.2 Å². The van der Waals surface area contributed by atoms with Gasteiger partial charge in [-0.05, 0) is 42.3 Å². The van der Waals surface area contributed by atoms with Crippen LogP contribution in [0.5, 0.6) is 0 Å². The number of aromatic nitrogens is 3. The lowest BCUT2D eigenvalue weighted by atomic mass is 9.98. The Bertz CT molecular complexity index is 1560. The Kier molecular flexibility index (Phi) is 7.80. The van der Waals surface area contributed by atoms with Crippen LogP contribution in [0.4, 0.5) is 20.4 Å². The van der Waals surface area contributed by atoms with Crippen LogP contribution < -0.4 is 10.0 Å². The van der Waals surface area contributed by atoms with E-state index in [1.807, 2.05) is 12.1 Å². The first kappa shape index (κ1) is 27.6. The van der Waals surface area contributed by atoms with Crippen molar-refractivity contribution < 1.29 is 17.2 Å². The highest BCUT2D eigenvalue weighted by Crippen LogP contribution is 2.40. The van der Waals surface area contributed by atoms with E-state index < -0.39 is 26.6 Å². The molecule has 2 aromatic heterocycles. The first-order valence-corrected chi connectivity index (χ1v) is 14.3. The van der Waals surface area contributed by atoms with Gasteiger partial charge in [0.2, 0.25) is 5.95 Å². The highest BCUT2D eigenvalue weighted by atomic mass is 32.2. The highest BCUT2D eigenvalue weighted by Gasteiger charge is 2.25. The fourth-order valence-electron chi connectivity index (χ4n) is 3.50. The van der Waals surface area contributed by atoms with E-state index in [4.69, 9.17) is 9.97 Å². The zero-order valence-electron chi connectivity index (χ0n) is 21.7. The Morgan fingerprint density at radius 3 is 2.50 bits per heavy atom. The van der Waals surface area contributed by atoms with Crippen LogP contribution in [0, 0.1) is 17.6 Å². The molecule has 4 aromatic rings. The summed E-state index contributed by atoms with van der Waals surface area (Å²) in [5, 5.41) is 4.12. The molecule has 200 valence electrons. The van der Waals surface area contributed by atoms with Gasteiger partial charge in [0.05, 0.1) is 21.3 Å². The molecule has 0 bridgehead atoms. The van der Waals surface area contributed by atoms with Crippen LogP contribution in [-0.2, 0) is 15.4 Å². The van der Waals surface area contributed by atoms with Gasteiger partial charge in [-0.15, -0.1) is 11.3 Å². The van der Waals surface area contributed by atoms with Crippen LogP contribution in [0.25, 0.3) is 21.8 Å². The van der Waals surface area contributed by atoms with E-state index in [2.05, 4.69) is 49.6 Å². The van der Waals surface area contributed by atoms with Crippen LogP contribution in [-0.4, -0.2) is 29.9 Å². The van der Waals surface area contributed by atoms with E-state index >= 15 is 0 Å². The van der Waals surface area contributed by atoms with Crippen molar-refractivity contribution in [3.63, 3.8) is 0 Å². The van der Waals surface area contributed by atoms with Crippen LogP contribution in [0.15, 0.2) is 59.6 Å². The predicted octanol–water partition coefficient (Wildman–Crippen LogP) is 6.71. The number of rotatable bonds is 8. The van der Waals surface area contributed by atoms with Crippen molar-refractivity contribution >= 4 is 33.0 Å². The number of hydrogen-bond donors (Lipinski definition) is 2. The van der Waals surface area contributed by atoms with Gasteiger partial charge in [-0.2, -0.15) is 0 Å². The summed E-state index contributed by atoms with van der Waals surface area (Å²) in [5.41, 5.74) is 1.90. The summed E-state index contributed by atoms with van der Waals surface area (Å²) in [4.78, 5) is 14.0. The molecule has 0 aliphatic rings. The molecule has 0 aliphatic heterocycles. The average molecular weight is 558 g/mol. The summed E-state index contributed by atoms with van der Waals surface area (Å²) in [6, 6.07) is 10.7. The maximum atomic E-state index is 14.2. The molecule has 0 spiro atoms. The topological polar surface area (TPSA) is 96.9 Å². The van der Waals surface area contributed by atoms with Gasteiger partial charge < -0.3 is 5.32 Å². The largest absolute Gasteiger partial charge is 0.354 e. The Morgan fingerprint density at radius 2 is 1.79 bits per heavy atom. The van der Waals surface area contributed by atoms with Crippen LogP contribution in [0.2, 0.25) is 0 Å². The summed E-state index contributed by atoms with van der Waals surface area (Å²) < 4.78 is 55.9. The molecule has 2 heterocycles. The number of benzene rings is 2. The molecule has 11 heteroatoms. The molecule has 0 saturated carbocycles. The van der Waals surface area contributed by atoms with E-state index in [9.17, 15) is 17.2 Å². The lowest BCUT2D eigenvalue weighted by molar-refractivity contribution is 0.555. The van der Waals surface area contributed by atoms with Crippen molar-refractivity contribution in [2.75, 3.05) is 16.6 Å². The van der Waals surface area contributed by atoms with Crippen molar-refractivity contribution in [2.24, 2.45) is 5.92 Å². The maximum absolute atomic E-state index is 14.2. The number of anilines is 2. The third-order valence-corrected chi connectivity index (χ3v) is 8.30. The molecule has 2 aromatic carbocycles. The second-order valence-electron chi connectivity index (χ2n) is 10.2.